The molecule has 1 saturated heterocycles. The molecule has 1 aliphatic rings. The molecule has 36 heavy (non-hydrogen) atoms. The first-order valence-corrected chi connectivity index (χ1v) is 11.5. The van der Waals surface area contributed by atoms with Gasteiger partial charge >= 0.3 is 6.09 Å². The largest absolute Gasteiger partial charge is 0.439 e. The highest BCUT2D eigenvalue weighted by Gasteiger charge is 2.34. The van der Waals surface area contributed by atoms with Crippen LogP contribution in [0.3, 0.4) is 0 Å². The maximum absolute atomic E-state index is 13.8. The van der Waals surface area contributed by atoms with Gasteiger partial charge in [0, 0.05) is 31.5 Å². The van der Waals surface area contributed by atoms with E-state index in [4.69, 9.17) is 9.47 Å². The second-order valence-corrected chi connectivity index (χ2v) is 8.18. The Bertz CT molecular complexity index is 1110. The van der Waals surface area contributed by atoms with E-state index in [1.54, 1.807) is 31.2 Å². The number of halogens is 1. The van der Waals surface area contributed by atoms with E-state index in [2.05, 4.69) is 16.4 Å². The zero-order valence-electron chi connectivity index (χ0n) is 19.6. The van der Waals surface area contributed by atoms with Gasteiger partial charge in [0.25, 0.3) is 5.69 Å². The van der Waals surface area contributed by atoms with Crippen LogP contribution in [0.5, 0.6) is 11.6 Å². The van der Waals surface area contributed by atoms with E-state index in [0.29, 0.717) is 37.1 Å². The summed E-state index contributed by atoms with van der Waals surface area (Å²) < 4.78 is 24.1. The maximum atomic E-state index is 13.8. The minimum absolute atomic E-state index is 0.0414. The number of hydrogen-bond donors (Lipinski definition) is 1. The number of carbonyl (C=O) groups is 2. The van der Waals surface area contributed by atoms with E-state index in [0.717, 1.165) is 6.20 Å². The Balaban J connectivity index is 1.70. The second kappa shape index (κ2) is 12.4. The second-order valence-electron chi connectivity index (χ2n) is 8.18. The summed E-state index contributed by atoms with van der Waals surface area (Å²) in [6.45, 7) is 2.14. The highest BCUT2D eigenvalue weighted by molar-refractivity contribution is 5.86. The van der Waals surface area contributed by atoms with Crippen LogP contribution in [0.4, 0.5) is 14.9 Å². The molecule has 1 aromatic carbocycles. The van der Waals surface area contributed by atoms with Gasteiger partial charge in [-0.25, -0.2) is 14.2 Å². The van der Waals surface area contributed by atoms with Gasteiger partial charge in [-0.3, -0.25) is 14.9 Å². The first kappa shape index (κ1) is 26.3. The molecule has 1 aromatic heterocycles. The molecule has 0 bridgehead atoms. The number of nitriles is 1. The quantitative estimate of drug-likeness (QED) is 0.381. The molecule has 11 nitrogen and oxygen atoms in total. The minimum Gasteiger partial charge on any atom is -0.439 e. The van der Waals surface area contributed by atoms with Crippen LogP contribution in [-0.4, -0.2) is 51.8 Å². The number of rotatable bonds is 10. The standard InChI is InChI=1S/C24H26FN5O6/c1-2-4-21(25)36-24(32)28-20(23(31)29-12-3-5-17(29)14-26)13-16-6-9-19(10-7-16)35-22-11-8-18(15-27-22)30(33)34/h6-11,15,17,20-21H,2-5,12-13H2,1H3,(H,28,32)/t17-,20-,21?/m0/s1. The lowest BCUT2D eigenvalue weighted by Crippen LogP contribution is -2.51. The fraction of sp³-hybridized carbons (Fsp3) is 0.417. The summed E-state index contributed by atoms with van der Waals surface area (Å²) in [6, 6.07) is 9.67. The van der Waals surface area contributed by atoms with Gasteiger partial charge in [0.15, 0.2) is 0 Å². The zero-order chi connectivity index (χ0) is 26.1. The summed E-state index contributed by atoms with van der Waals surface area (Å²) in [5.41, 5.74) is 0.501. The fourth-order valence-electron chi connectivity index (χ4n) is 3.73. The molecule has 2 heterocycles. The Kier molecular flexibility index (Phi) is 9.10. The first-order chi connectivity index (χ1) is 17.3. The number of carbonyl (C=O) groups excluding carboxylic acids is 2. The van der Waals surface area contributed by atoms with Crippen molar-refractivity contribution in [2.75, 3.05) is 6.54 Å². The Morgan fingerprint density at radius 2 is 2.08 bits per heavy atom. The summed E-state index contributed by atoms with van der Waals surface area (Å²) in [5, 5.41) is 22.5. The van der Waals surface area contributed by atoms with Crippen molar-refractivity contribution in [3.05, 3.63) is 58.3 Å². The van der Waals surface area contributed by atoms with Gasteiger partial charge in [0.05, 0.1) is 11.0 Å². The summed E-state index contributed by atoms with van der Waals surface area (Å²) in [6.07, 6.45) is 0.0690. The third-order valence-corrected chi connectivity index (χ3v) is 5.54. The predicted octanol–water partition coefficient (Wildman–Crippen LogP) is 4.03. The highest BCUT2D eigenvalue weighted by Crippen LogP contribution is 2.23. The molecule has 0 radical (unpaired) electrons. The number of amides is 2. The number of ether oxygens (including phenoxy) is 2. The summed E-state index contributed by atoms with van der Waals surface area (Å²) >= 11 is 0. The highest BCUT2D eigenvalue weighted by atomic mass is 19.1. The Hall–Kier alpha value is -4.27. The van der Waals surface area contributed by atoms with Crippen LogP contribution in [0.15, 0.2) is 42.6 Å². The molecule has 0 aliphatic carbocycles. The normalized spacial score (nSPS) is 16.5. The van der Waals surface area contributed by atoms with Crippen molar-refractivity contribution in [3.63, 3.8) is 0 Å². The molecule has 0 saturated carbocycles. The molecule has 2 amide bonds. The summed E-state index contributed by atoms with van der Waals surface area (Å²) in [4.78, 5) is 40.9. The molecule has 3 rings (SSSR count). The Morgan fingerprint density at radius 1 is 1.33 bits per heavy atom. The van der Waals surface area contributed by atoms with Gasteiger partial charge in [0.1, 0.15) is 24.0 Å². The molecular formula is C24H26FN5O6. The van der Waals surface area contributed by atoms with Crippen molar-refractivity contribution in [2.24, 2.45) is 0 Å². The molecule has 0 spiro atoms. The number of likely N-dealkylation sites (tertiary alicyclic amines) is 1. The van der Waals surface area contributed by atoms with Gasteiger partial charge < -0.3 is 19.7 Å². The lowest BCUT2D eigenvalue weighted by atomic mass is 10.0. The van der Waals surface area contributed by atoms with Crippen LogP contribution >= 0.6 is 0 Å². The first-order valence-electron chi connectivity index (χ1n) is 11.5. The summed E-state index contributed by atoms with van der Waals surface area (Å²) in [5.74, 6) is 0.117. The molecule has 1 fully saturated rings. The number of nitrogens with zero attached hydrogens (tertiary/aromatic N) is 4. The number of hydrogen-bond acceptors (Lipinski definition) is 8. The summed E-state index contributed by atoms with van der Waals surface area (Å²) in [7, 11) is 0. The number of nitro groups is 1. The lowest BCUT2D eigenvalue weighted by Gasteiger charge is -2.26. The number of nitrogens with one attached hydrogen (secondary N) is 1. The molecule has 1 N–H and O–H groups in total. The molecule has 1 aliphatic heterocycles. The average molecular weight is 499 g/mol. The van der Waals surface area contributed by atoms with E-state index in [1.807, 2.05) is 0 Å². The van der Waals surface area contributed by atoms with Gasteiger partial charge in [-0.05, 0) is 37.0 Å². The van der Waals surface area contributed by atoms with Gasteiger partial charge in [-0.2, -0.15) is 5.26 Å². The third-order valence-electron chi connectivity index (χ3n) is 5.54. The molecule has 190 valence electrons. The molecular weight excluding hydrogens is 473 g/mol. The van der Waals surface area contributed by atoms with Gasteiger partial charge in [0.2, 0.25) is 18.1 Å². The number of pyridine rings is 1. The zero-order valence-corrected chi connectivity index (χ0v) is 19.6. The number of alkyl carbamates (subject to hydrolysis) is 1. The van der Waals surface area contributed by atoms with Crippen molar-refractivity contribution < 1.29 is 28.4 Å². The fourth-order valence-corrected chi connectivity index (χ4v) is 3.73. The average Bonchev–Trinajstić information content (AvgIpc) is 3.33. The smallest absolute Gasteiger partial charge is 0.410 e. The molecule has 12 heteroatoms. The van der Waals surface area contributed by atoms with E-state index >= 15 is 0 Å². The van der Waals surface area contributed by atoms with Gasteiger partial charge in [-0.15, -0.1) is 0 Å². The van der Waals surface area contributed by atoms with E-state index in [-0.39, 0.29) is 24.4 Å². The van der Waals surface area contributed by atoms with Crippen LogP contribution in [0.1, 0.15) is 38.2 Å². The maximum Gasteiger partial charge on any atom is 0.410 e. The number of benzene rings is 1. The molecule has 2 aromatic rings. The third kappa shape index (κ3) is 7.11. The predicted molar refractivity (Wildman–Crippen MR) is 125 cm³/mol. The lowest BCUT2D eigenvalue weighted by molar-refractivity contribution is -0.385. The van der Waals surface area contributed by atoms with Crippen LogP contribution in [0.25, 0.3) is 0 Å². The van der Waals surface area contributed by atoms with E-state index in [9.17, 15) is 29.4 Å². The van der Waals surface area contributed by atoms with Crippen molar-refractivity contribution in [3.8, 4) is 17.7 Å². The monoisotopic (exact) mass is 499 g/mol. The Labute approximate surface area is 207 Å². The van der Waals surface area contributed by atoms with E-state index < -0.39 is 35.4 Å². The number of aromatic nitrogens is 1. The van der Waals surface area contributed by atoms with Gasteiger partial charge in [-0.1, -0.05) is 19.1 Å². The van der Waals surface area contributed by atoms with Crippen molar-refractivity contribution in [1.82, 2.24) is 15.2 Å². The van der Waals surface area contributed by atoms with Crippen molar-refractivity contribution in [1.29, 1.82) is 5.26 Å². The minimum atomic E-state index is -1.78. The van der Waals surface area contributed by atoms with Crippen LogP contribution in [-0.2, 0) is 16.0 Å². The van der Waals surface area contributed by atoms with Crippen molar-refractivity contribution >= 4 is 17.7 Å². The van der Waals surface area contributed by atoms with Crippen LogP contribution in [0.2, 0.25) is 0 Å². The molecule has 3 atom stereocenters. The number of alkyl halides is 1. The SMILES string of the molecule is CCCC(F)OC(=O)N[C@@H](Cc1ccc(Oc2ccc([N+](=O)[O-])cn2)cc1)C(=O)N1CCC[C@H]1C#N. The van der Waals surface area contributed by atoms with E-state index in [1.165, 1.54) is 17.0 Å². The van der Waals surface area contributed by atoms with Crippen molar-refractivity contribution in [2.45, 2.75) is 57.5 Å². The van der Waals surface area contributed by atoms with Crippen LogP contribution in [0, 0.1) is 21.4 Å². The Morgan fingerprint density at radius 3 is 2.69 bits per heavy atom. The van der Waals surface area contributed by atoms with Crippen LogP contribution < -0.4 is 10.1 Å². The topological polar surface area (TPSA) is 148 Å². The molecule has 1 unspecified atom stereocenters.